The molecule has 2 aliphatic heterocycles. The fraction of sp³-hybridized carbons (Fsp3) is 0.579. The van der Waals surface area contributed by atoms with E-state index in [4.69, 9.17) is 5.73 Å². The quantitative estimate of drug-likeness (QED) is 0.623. The predicted molar refractivity (Wildman–Crippen MR) is 110 cm³/mol. The zero-order valence-corrected chi connectivity index (χ0v) is 18.0. The van der Waals surface area contributed by atoms with Crippen LogP contribution in [0.1, 0.15) is 18.4 Å². The van der Waals surface area contributed by atoms with E-state index in [-0.39, 0.29) is 28.6 Å². The first-order valence-electron chi connectivity index (χ1n) is 9.94. The second-order valence-electron chi connectivity index (χ2n) is 7.74. The SMILES string of the molecule is Cc1c(N2CCCC2=O)cc(F)cc1S(=O)(=O)N[C@@H](CN)C(=O)N1CCN(C)CC1. The Morgan fingerprint density at radius 3 is 2.47 bits per heavy atom. The lowest BCUT2D eigenvalue weighted by Gasteiger charge is -2.34. The molecule has 0 aromatic heterocycles. The van der Waals surface area contributed by atoms with E-state index >= 15 is 0 Å². The summed E-state index contributed by atoms with van der Waals surface area (Å²) < 4.78 is 42.7. The van der Waals surface area contributed by atoms with Crippen LogP contribution in [-0.4, -0.2) is 82.4 Å². The smallest absolute Gasteiger partial charge is 0.242 e. The molecule has 2 amide bonds. The zero-order valence-electron chi connectivity index (χ0n) is 17.2. The Morgan fingerprint density at radius 1 is 1.23 bits per heavy atom. The number of anilines is 1. The van der Waals surface area contributed by atoms with Crippen LogP contribution in [0, 0.1) is 12.7 Å². The third kappa shape index (κ3) is 4.64. The van der Waals surface area contributed by atoms with E-state index in [1.807, 2.05) is 7.05 Å². The minimum absolute atomic E-state index is 0.176. The van der Waals surface area contributed by atoms with E-state index in [9.17, 15) is 22.4 Å². The molecule has 0 aliphatic carbocycles. The molecule has 0 unspecified atom stereocenters. The molecule has 0 spiro atoms. The highest BCUT2D eigenvalue weighted by Gasteiger charge is 2.32. The van der Waals surface area contributed by atoms with Crippen LogP contribution in [0.25, 0.3) is 0 Å². The van der Waals surface area contributed by atoms with Crippen molar-refractivity contribution in [3.8, 4) is 0 Å². The average Bonchev–Trinajstić information content (AvgIpc) is 3.13. The van der Waals surface area contributed by atoms with Crippen LogP contribution in [0.5, 0.6) is 0 Å². The monoisotopic (exact) mass is 441 g/mol. The Morgan fingerprint density at radius 2 is 1.90 bits per heavy atom. The summed E-state index contributed by atoms with van der Waals surface area (Å²) in [5.41, 5.74) is 6.18. The van der Waals surface area contributed by atoms with Crippen LogP contribution in [0.4, 0.5) is 10.1 Å². The molecule has 1 atom stereocenters. The molecule has 0 bridgehead atoms. The van der Waals surface area contributed by atoms with Crippen LogP contribution < -0.4 is 15.4 Å². The largest absolute Gasteiger partial charge is 0.339 e. The number of nitrogens with one attached hydrogen (secondary N) is 1. The fourth-order valence-electron chi connectivity index (χ4n) is 3.80. The Hall–Kier alpha value is -2.08. The topological polar surface area (TPSA) is 116 Å². The van der Waals surface area contributed by atoms with Gasteiger partial charge in [0.1, 0.15) is 11.9 Å². The van der Waals surface area contributed by atoms with E-state index < -0.39 is 27.8 Å². The summed E-state index contributed by atoms with van der Waals surface area (Å²) >= 11 is 0. The number of sulfonamides is 1. The summed E-state index contributed by atoms with van der Waals surface area (Å²) in [5.74, 6) is -1.35. The summed E-state index contributed by atoms with van der Waals surface area (Å²) in [7, 11) is -2.31. The third-order valence-corrected chi connectivity index (χ3v) is 7.20. The minimum atomic E-state index is -4.25. The standard InChI is InChI=1S/C19H28FN5O4S/c1-13-16(25-5-3-4-18(25)26)10-14(20)11-17(13)30(28,29)22-15(12-21)19(27)24-8-6-23(2)7-9-24/h10-11,15,22H,3-9,12,21H2,1-2H3/t15-/m0/s1. The van der Waals surface area contributed by atoms with Gasteiger partial charge in [-0.05, 0) is 38.1 Å². The summed E-state index contributed by atoms with van der Waals surface area (Å²) in [6.07, 6.45) is 0.967. The average molecular weight is 442 g/mol. The summed E-state index contributed by atoms with van der Waals surface area (Å²) in [6.45, 7) is 4.04. The number of halogens is 1. The van der Waals surface area contributed by atoms with Crippen molar-refractivity contribution in [3.63, 3.8) is 0 Å². The highest BCUT2D eigenvalue weighted by Crippen LogP contribution is 2.31. The van der Waals surface area contributed by atoms with Gasteiger partial charge in [0.05, 0.1) is 10.6 Å². The number of rotatable bonds is 6. The number of carbonyl (C=O) groups excluding carboxylic acids is 2. The van der Waals surface area contributed by atoms with Gasteiger partial charge in [-0.25, -0.2) is 12.8 Å². The van der Waals surface area contributed by atoms with Gasteiger partial charge >= 0.3 is 0 Å². The summed E-state index contributed by atoms with van der Waals surface area (Å²) in [6, 6.07) is 0.904. The minimum Gasteiger partial charge on any atom is -0.339 e. The van der Waals surface area contributed by atoms with Gasteiger partial charge in [0.2, 0.25) is 21.8 Å². The number of nitrogens with two attached hydrogens (primary N) is 1. The molecular formula is C19H28FN5O4S. The number of likely N-dealkylation sites (N-methyl/N-ethyl adjacent to an activating group) is 1. The second-order valence-corrected chi connectivity index (χ2v) is 9.42. The maximum Gasteiger partial charge on any atom is 0.242 e. The molecule has 1 aromatic carbocycles. The van der Waals surface area contributed by atoms with Crippen molar-refractivity contribution in [1.29, 1.82) is 0 Å². The number of benzene rings is 1. The van der Waals surface area contributed by atoms with Crippen LogP contribution in [0.15, 0.2) is 17.0 Å². The number of nitrogens with zero attached hydrogens (tertiary/aromatic N) is 3. The van der Waals surface area contributed by atoms with E-state index in [2.05, 4.69) is 9.62 Å². The number of piperazine rings is 1. The Labute approximate surface area is 176 Å². The second kappa shape index (κ2) is 8.96. The molecule has 2 saturated heterocycles. The first kappa shape index (κ1) is 22.6. The van der Waals surface area contributed by atoms with E-state index in [0.29, 0.717) is 45.6 Å². The molecule has 3 rings (SSSR count). The Bertz CT molecular complexity index is 931. The molecule has 9 nitrogen and oxygen atoms in total. The van der Waals surface area contributed by atoms with Gasteiger partial charge in [0.25, 0.3) is 0 Å². The van der Waals surface area contributed by atoms with Crippen LogP contribution in [0.2, 0.25) is 0 Å². The molecule has 3 N–H and O–H groups in total. The molecule has 2 aliphatic rings. The number of hydrogen-bond acceptors (Lipinski definition) is 6. The highest BCUT2D eigenvalue weighted by molar-refractivity contribution is 7.89. The van der Waals surface area contributed by atoms with Crippen LogP contribution in [0.3, 0.4) is 0 Å². The van der Waals surface area contributed by atoms with Gasteiger partial charge in [0, 0.05) is 45.7 Å². The van der Waals surface area contributed by atoms with Crippen molar-refractivity contribution in [1.82, 2.24) is 14.5 Å². The van der Waals surface area contributed by atoms with Gasteiger partial charge in [-0.15, -0.1) is 0 Å². The molecule has 2 fully saturated rings. The normalized spacial score (nSPS) is 19.4. The highest BCUT2D eigenvalue weighted by atomic mass is 32.2. The molecule has 2 heterocycles. The fourth-order valence-corrected chi connectivity index (χ4v) is 5.27. The van der Waals surface area contributed by atoms with Crippen molar-refractivity contribution in [2.45, 2.75) is 30.7 Å². The van der Waals surface area contributed by atoms with Crippen molar-refractivity contribution < 1.29 is 22.4 Å². The van der Waals surface area contributed by atoms with Gasteiger partial charge in [-0.3, -0.25) is 9.59 Å². The molecular weight excluding hydrogens is 413 g/mol. The Balaban J connectivity index is 1.86. The van der Waals surface area contributed by atoms with E-state index in [1.54, 1.807) is 4.90 Å². The maximum atomic E-state index is 14.3. The van der Waals surface area contributed by atoms with Gasteiger partial charge < -0.3 is 20.4 Å². The van der Waals surface area contributed by atoms with E-state index in [1.165, 1.54) is 11.8 Å². The molecule has 0 saturated carbocycles. The van der Waals surface area contributed by atoms with Crippen molar-refractivity contribution in [2.75, 3.05) is 51.2 Å². The number of amides is 2. The van der Waals surface area contributed by atoms with E-state index in [0.717, 1.165) is 12.1 Å². The number of hydrogen-bond donors (Lipinski definition) is 2. The number of carbonyl (C=O) groups is 2. The van der Waals surface area contributed by atoms with Crippen molar-refractivity contribution in [2.24, 2.45) is 5.73 Å². The van der Waals surface area contributed by atoms with Gasteiger partial charge in [-0.1, -0.05) is 0 Å². The lowest BCUT2D eigenvalue weighted by molar-refractivity contribution is -0.134. The van der Waals surface area contributed by atoms with Crippen molar-refractivity contribution in [3.05, 3.63) is 23.5 Å². The summed E-state index contributed by atoms with van der Waals surface area (Å²) in [4.78, 5) is 29.6. The first-order chi connectivity index (χ1) is 14.1. The molecule has 30 heavy (non-hydrogen) atoms. The maximum absolute atomic E-state index is 14.3. The van der Waals surface area contributed by atoms with Gasteiger partial charge in [0.15, 0.2) is 0 Å². The lowest BCUT2D eigenvalue weighted by atomic mass is 10.2. The predicted octanol–water partition coefficient (Wildman–Crippen LogP) is -0.359. The first-order valence-corrected chi connectivity index (χ1v) is 11.4. The van der Waals surface area contributed by atoms with Crippen molar-refractivity contribution >= 4 is 27.5 Å². The molecule has 0 radical (unpaired) electrons. The molecule has 11 heteroatoms. The van der Waals surface area contributed by atoms with Gasteiger partial charge in [-0.2, -0.15) is 4.72 Å². The summed E-state index contributed by atoms with van der Waals surface area (Å²) in [5, 5.41) is 0. The van der Waals surface area contributed by atoms with Crippen LogP contribution >= 0.6 is 0 Å². The third-order valence-electron chi connectivity index (χ3n) is 5.60. The zero-order chi connectivity index (χ0) is 22.1. The Kier molecular flexibility index (Phi) is 6.75. The van der Waals surface area contributed by atoms with Crippen LogP contribution in [-0.2, 0) is 19.6 Å². The molecule has 166 valence electrons. The molecule has 1 aromatic rings. The lowest BCUT2D eigenvalue weighted by Crippen LogP contribution is -2.56.